The van der Waals surface area contributed by atoms with Crippen molar-refractivity contribution >= 4 is 29.9 Å². The highest BCUT2D eigenvalue weighted by atomic mass is 127. The fraction of sp³-hybridized carbons (Fsp3) is 0.409. The van der Waals surface area contributed by atoms with E-state index in [1.807, 2.05) is 19.2 Å². The lowest BCUT2D eigenvalue weighted by Gasteiger charge is -2.26. The summed E-state index contributed by atoms with van der Waals surface area (Å²) in [6.07, 6.45) is 2.13. The van der Waals surface area contributed by atoms with Gasteiger partial charge in [0, 0.05) is 20.1 Å². The van der Waals surface area contributed by atoms with Crippen molar-refractivity contribution in [2.45, 2.75) is 18.9 Å². The maximum atomic E-state index is 5.36. The van der Waals surface area contributed by atoms with Crippen LogP contribution in [0.4, 0.5) is 0 Å². The molecule has 0 bridgehead atoms. The van der Waals surface area contributed by atoms with Crippen LogP contribution in [0.2, 0.25) is 0 Å². The first-order valence-corrected chi connectivity index (χ1v) is 9.43. The molecule has 5 nitrogen and oxygen atoms in total. The standard InChI is InChI=1S/C22H32N4O.HI/c1-23-22(24-15-9-12-18-10-6-5-7-11-18)25-17-21(26(2)3)19-13-8-14-20(16-19)27-4;/h5-8,10-11,13-14,16,21H,9,12,15,17H2,1-4H3,(H2,23,24,25);1H. The number of methoxy groups -OCH3 is 1. The van der Waals surface area contributed by atoms with Crippen LogP contribution in [0.15, 0.2) is 59.6 Å². The van der Waals surface area contributed by atoms with E-state index in [1.54, 1.807) is 7.11 Å². The summed E-state index contributed by atoms with van der Waals surface area (Å²) in [6.45, 7) is 1.65. The Morgan fingerprint density at radius 3 is 2.46 bits per heavy atom. The second kappa shape index (κ2) is 13.4. The molecule has 1 unspecified atom stereocenters. The van der Waals surface area contributed by atoms with Crippen LogP contribution in [-0.4, -0.2) is 52.2 Å². The van der Waals surface area contributed by atoms with Crippen molar-refractivity contribution in [3.8, 4) is 5.75 Å². The highest BCUT2D eigenvalue weighted by molar-refractivity contribution is 14.0. The lowest BCUT2D eigenvalue weighted by Crippen LogP contribution is -2.42. The van der Waals surface area contributed by atoms with Crippen LogP contribution in [0.5, 0.6) is 5.75 Å². The van der Waals surface area contributed by atoms with E-state index in [4.69, 9.17) is 4.74 Å². The number of halogens is 1. The van der Waals surface area contributed by atoms with Gasteiger partial charge in [0.1, 0.15) is 5.75 Å². The minimum absolute atomic E-state index is 0. The second-order valence-electron chi connectivity index (χ2n) is 6.73. The van der Waals surface area contributed by atoms with Crippen molar-refractivity contribution in [2.24, 2.45) is 4.99 Å². The van der Waals surface area contributed by atoms with Gasteiger partial charge in [-0.2, -0.15) is 0 Å². The Labute approximate surface area is 186 Å². The molecule has 0 fully saturated rings. The van der Waals surface area contributed by atoms with Gasteiger partial charge >= 0.3 is 0 Å². The predicted octanol–water partition coefficient (Wildman–Crippen LogP) is 3.71. The van der Waals surface area contributed by atoms with E-state index in [1.165, 1.54) is 11.1 Å². The molecule has 2 N–H and O–H groups in total. The van der Waals surface area contributed by atoms with Crippen molar-refractivity contribution in [1.82, 2.24) is 15.5 Å². The summed E-state index contributed by atoms with van der Waals surface area (Å²) in [5.74, 6) is 1.71. The molecule has 0 spiro atoms. The van der Waals surface area contributed by atoms with Crippen LogP contribution in [-0.2, 0) is 6.42 Å². The molecule has 0 saturated heterocycles. The Morgan fingerprint density at radius 2 is 1.82 bits per heavy atom. The molecule has 0 amide bonds. The lowest BCUT2D eigenvalue weighted by molar-refractivity contribution is 0.297. The zero-order chi connectivity index (χ0) is 19.5. The molecule has 28 heavy (non-hydrogen) atoms. The Hall–Kier alpha value is -1.80. The SMILES string of the molecule is CN=C(NCCCc1ccccc1)NCC(c1cccc(OC)c1)N(C)C.I. The number of ether oxygens (including phenoxy) is 1. The van der Waals surface area contributed by atoms with Crippen LogP contribution in [0.3, 0.4) is 0 Å². The van der Waals surface area contributed by atoms with Gasteiger partial charge < -0.3 is 20.3 Å². The number of benzene rings is 2. The number of nitrogens with one attached hydrogen (secondary N) is 2. The van der Waals surface area contributed by atoms with E-state index in [-0.39, 0.29) is 30.0 Å². The van der Waals surface area contributed by atoms with Gasteiger partial charge in [-0.25, -0.2) is 0 Å². The number of likely N-dealkylation sites (N-methyl/N-ethyl adjacent to an activating group) is 1. The minimum Gasteiger partial charge on any atom is -0.497 e. The first-order chi connectivity index (χ1) is 13.1. The predicted molar refractivity (Wildman–Crippen MR) is 129 cm³/mol. The van der Waals surface area contributed by atoms with Crippen molar-refractivity contribution < 1.29 is 4.74 Å². The fourth-order valence-electron chi connectivity index (χ4n) is 3.01. The molecule has 0 aliphatic rings. The first-order valence-electron chi connectivity index (χ1n) is 9.43. The molecular weight excluding hydrogens is 463 g/mol. The molecule has 6 heteroatoms. The maximum Gasteiger partial charge on any atom is 0.191 e. The zero-order valence-corrected chi connectivity index (χ0v) is 19.6. The largest absolute Gasteiger partial charge is 0.497 e. The first kappa shape index (κ1) is 24.2. The molecule has 0 aliphatic heterocycles. The van der Waals surface area contributed by atoms with E-state index in [2.05, 4.69) is 77.1 Å². The molecule has 0 aromatic heterocycles. The Balaban J connectivity index is 0.00000392. The van der Waals surface area contributed by atoms with Crippen LogP contribution in [0, 0.1) is 0 Å². The highest BCUT2D eigenvalue weighted by Gasteiger charge is 2.15. The molecule has 2 aromatic carbocycles. The summed E-state index contributed by atoms with van der Waals surface area (Å²) in [5.41, 5.74) is 2.58. The van der Waals surface area contributed by atoms with E-state index in [9.17, 15) is 0 Å². The van der Waals surface area contributed by atoms with Gasteiger partial charge in [-0.05, 0) is 50.2 Å². The third kappa shape index (κ3) is 8.06. The fourth-order valence-corrected chi connectivity index (χ4v) is 3.01. The van der Waals surface area contributed by atoms with Gasteiger partial charge in [-0.1, -0.05) is 42.5 Å². The molecular formula is C22H33IN4O. The number of hydrogen-bond acceptors (Lipinski definition) is 3. The summed E-state index contributed by atoms with van der Waals surface area (Å²) < 4.78 is 5.36. The van der Waals surface area contributed by atoms with Crippen molar-refractivity contribution in [3.05, 3.63) is 65.7 Å². The number of guanidine groups is 1. The molecule has 0 heterocycles. The van der Waals surface area contributed by atoms with Crippen molar-refractivity contribution in [3.63, 3.8) is 0 Å². The average Bonchev–Trinajstić information content (AvgIpc) is 2.70. The van der Waals surface area contributed by atoms with Crippen molar-refractivity contribution in [2.75, 3.05) is 41.3 Å². The van der Waals surface area contributed by atoms with Crippen LogP contribution >= 0.6 is 24.0 Å². The third-order valence-corrected chi connectivity index (χ3v) is 4.57. The number of nitrogens with zero attached hydrogens (tertiary/aromatic N) is 2. The van der Waals surface area contributed by atoms with E-state index < -0.39 is 0 Å². The van der Waals surface area contributed by atoms with Gasteiger partial charge in [0.25, 0.3) is 0 Å². The monoisotopic (exact) mass is 496 g/mol. The quantitative estimate of drug-likeness (QED) is 0.241. The Morgan fingerprint density at radius 1 is 1.07 bits per heavy atom. The van der Waals surface area contributed by atoms with Gasteiger partial charge in [-0.15, -0.1) is 24.0 Å². The van der Waals surface area contributed by atoms with Crippen molar-refractivity contribution in [1.29, 1.82) is 0 Å². The number of aryl methyl sites for hydroxylation is 1. The third-order valence-electron chi connectivity index (χ3n) is 4.57. The number of hydrogen-bond donors (Lipinski definition) is 2. The molecule has 154 valence electrons. The lowest BCUT2D eigenvalue weighted by atomic mass is 10.1. The van der Waals surface area contributed by atoms with Gasteiger partial charge in [0.2, 0.25) is 0 Å². The average molecular weight is 496 g/mol. The highest BCUT2D eigenvalue weighted by Crippen LogP contribution is 2.22. The summed E-state index contributed by atoms with van der Waals surface area (Å²) in [4.78, 5) is 6.54. The Kier molecular flexibility index (Phi) is 11.6. The molecule has 0 aliphatic carbocycles. The summed E-state index contributed by atoms with van der Waals surface area (Å²) in [5, 5.41) is 6.85. The summed E-state index contributed by atoms with van der Waals surface area (Å²) >= 11 is 0. The molecule has 2 aromatic rings. The van der Waals surface area contributed by atoms with Gasteiger partial charge in [0.15, 0.2) is 5.96 Å². The normalized spacial score (nSPS) is 12.2. The summed E-state index contributed by atoms with van der Waals surface area (Å²) in [6, 6.07) is 19.0. The minimum atomic E-state index is 0. The van der Waals surface area contributed by atoms with E-state index in [0.717, 1.165) is 37.6 Å². The zero-order valence-electron chi connectivity index (χ0n) is 17.3. The maximum absolute atomic E-state index is 5.36. The second-order valence-corrected chi connectivity index (χ2v) is 6.73. The smallest absolute Gasteiger partial charge is 0.191 e. The summed E-state index contributed by atoms with van der Waals surface area (Å²) in [7, 11) is 7.68. The number of aliphatic imine (C=N–C) groups is 1. The van der Waals surface area contributed by atoms with Crippen LogP contribution in [0.25, 0.3) is 0 Å². The number of rotatable bonds is 9. The topological polar surface area (TPSA) is 48.9 Å². The van der Waals surface area contributed by atoms with E-state index in [0.29, 0.717) is 0 Å². The van der Waals surface area contributed by atoms with Gasteiger partial charge in [0.05, 0.1) is 13.2 Å². The Bertz CT molecular complexity index is 707. The van der Waals surface area contributed by atoms with Crippen LogP contribution < -0.4 is 15.4 Å². The van der Waals surface area contributed by atoms with Gasteiger partial charge in [-0.3, -0.25) is 4.99 Å². The molecule has 0 radical (unpaired) electrons. The van der Waals surface area contributed by atoms with E-state index >= 15 is 0 Å². The molecule has 1 atom stereocenters. The molecule has 0 saturated carbocycles. The molecule has 2 rings (SSSR count). The van der Waals surface area contributed by atoms with Crippen LogP contribution in [0.1, 0.15) is 23.6 Å².